The van der Waals surface area contributed by atoms with Gasteiger partial charge in [-0.05, 0) is 30.2 Å². The second-order valence-corrected chi connectivity index (χ2v) is 6.30. The van der Waals surface area contributed by atoms with Crippen LogP contribution in [0, 0.1) is 22.0 Å². The molecule has 1 saturated heterocycles. The molecule has 0 N–H and O–H groups in total. The summed E-state index contributed by atoms with van der Waals surface area (Å²) in [5.41, 5.74) is 2.03. The topological polar surface area (TPSA) is 46.4 Å². The van der Waals surface area contributed by atoms with Crippen LogP contribution in [0.15, 0.2) is 12.1 Å². The molecule has 110 valence electrons. The Labute approximate surface area is 124 Å². The monoisotopic (exact) mass is 296 g/mol. The maximum Gasteiger partial charge on any atom is 0.271 e. The molecule has 1 aromatic carbocycles. The van der Waals surface area contributed by atoms with Crippen LogP contribution < -0.4 is 4.90 Å². The molecule has 5 heteroatoms. The van der Waals surface area contributed by atoms with Gasteiger partial charge in [0, 0.05) is 25.2 Å². The zero-order chi connectivity index (χ0) is 14.9. The van der Waals surface area contributed by atoms with Crippen LogP contribution in [0.1, 0.15) is 32.8 Å². The highest BCUT2D eigenvalue weighted by atomic mass is 35.5. The molecule has 0 radical (unpaired) electrons. The van der Waals surface area contributed by atoms with Crippen molar-refractivity contribution in [1.29, 1.82) is 0 Å². The fraction of sp³-hybridized carbons (Fsp3) is 0.600. The van der Waals surface area contributed by atoms with Gasteiger partial charge >= 0.3 is 0 Å². The third-order valence-corrected chi connectivity index (χ3v) is 4.19. The number of halogens is 1. The Balaban J connectivity index is 2.42. The van der Waals surface area contributed by atoms with E-state index in [1.165, 1.54) is 12.5 Å². The summed E-state index contributed by atoms with van der Waals surface area (Å²) in [5, 5.41) is 11.4. The number of nitrogens with zero attached hydrogens (tertiary/aromatic N) is 2. The highest BCUT2D eigenvalue weighted by Gasteiger charge is 2.26. The van der Waals surface area contributed by atoms with Crippen molar-refractivity contribution in [3.05, 3.63) is 32.8 Å². The summed E-state index contributed by atoms with van der Waals surface area (Å²) >= 11 is 6.34. The standard InChI is InChI=1S/C15H21ClN2O2/c1-4-12-6-13(18(19)20)7-14(16)15(12)17-8-10(2)5-11(3)9-17/h6-7,10-11H,4-5,8-9H2,1-3H3/t10-,11+. The van der Waals surface area contributed by atoms with Crippen molar-refractivity contribution >= 4 is 23.0 Å². The van der Waals surface area contributed by atoms with Crippen molar-refractivity contribution in [2.24, 2.45) is 11.8 Å². The summed E-state index contributed by atoms with van der Waals surface area (Å²) < 4.78 is 0. The molecule has 1 fully saturated rings. The lowest BCUT2D eigenvalue weighted by atomic mass is 9.91. The maximum atomic E-state index is 10.9. The maximum absolute atomic E-state index is 10.9. The number of non-ortho nitro benzene ring substituents is 1. The molecule has 0 unspecified atom stereocenters. The zero-order valence-electron chi connectivity index (χ0n) is 12.2. The summed E-state index contributed by atoms with van der Waals surface area (Å²) in [5.74, 6) is 1.24. The van der Waals surface area contributed by atoms with E-state index in [-0.39, 0.29) is 10.6 Å². The molecule has 0 saturated carbocycles. The quantitative estimate of drug-likeness (QED) is 0.617. The van der Waals surface area contributed by atoms with E-state index in [0.29, 0.717) is 16.9 Å². The van der Waals surface area contributed by atoms with Crippen LogP contribution in [-0.2, 0) is 6.42 Å². The molecule has 4 nitrogen and oxygen atoms in total. The van der Waals surface area contributed by atoms with Gasteiger partial charge in [0.15, 0.2) is 0 Å². The van der Waals surface area contributed by atoms with Crippen molar-refractivity contribution in [3.63, 3.8) is 0 Å². The Morgan fingerprint density at radius 1 is 1.35 bits per heavy atom. The first kappa shape index (κ1) is 15.1. The first-order chi connectivity index (χ1) is 9.42. The second kappa shape index (κ2) is 6.00. The molecule has 1 aliphatic heterocycles. The molecule has 20 heavy (non-hydrogen) atoms. The van der Waals surface area contributed by atoms with E-state index in [0.717, 1.165) is 30.8 Å². The number of piperidine rings is 1. The molecule has 2 atom stereocenters. The van der Waals surface area contributed by atoms with E-state index in [2.05, 4.69) is 18.7 Å². The molecule has 1 heterocycles. The Morgan fingerprint density at radius 3 is 2.45 bits per heavy atom. The van der Waals surface area contributed by atoms with Gasteiger partial charge in [-0.25, -0.2) is 0 Å². The van der Waals surface area contributed by atoms with Crippen LogP contribution in [0.2, 0.25) is 5.02 Å². The fourth-order valence-electron chi connectivity index (χ4n) is 3.21. The van der Waals surface area contributed by atoms with Gasteiger partial charge in [-0.1, -0.05) is 32.4 Å². The summed E-state index contributed by atoms with van der Waals surface area (Å²) in [6.07, 6.45) is 1.97. The lowest BCUT2D eigenvalue weighted by Crippen LogP contribution is -2.39. The predicted octanol–water partition coefficient (Wildman–Crippen LogP) is 4.29. The number of rotatable bonds is 3. The molecule has 0 amide bonds. The van der Waals surface area contributed by atoms with Crippen molar-refractivity contribution in [2.45, 2.75) is 33.6 Å². The van der Waals surface area contributed by atoms with Gasteiger partial charge in [0.25, 0.3) is 5.69 Å². The third kappa shape index (κ3) is 3.06. The Hall–Kier alpha value is -1.29. The summed E-state index contributed by atoms with van der Waals surface area (Å²) in [4.78, 5) is 12.9. The van der Waals surface area contributed by atoms with Crippen molar-refractivity contribution in [1.82, 2.24) is 0 Å². The molecule has 0 aliphatic carbocycles. The number of hydrogen-bond donors (Lipinski definition) is 0. The van der Waals surface area contributed by atoms with Gasteiger partial charge in [0.05, 0.1) is 15.6 Å². The number of benzene rings is 1. The molecule has 1 aromatic rings. The van der Waals surface area contributed by atoms with Crippen LogP contribution in [0.3, 0.4) is 0 Å². The van der Waals surface area contributed by atoms with Crippen LogP contribution in [-0.4, -0.2) is 18.0 Å². The molecule has 0 spiro atoms. The van der Waals surface area contributed by atoms with Gasteiger partial charge in [-0.2, -0.15) is 0 Å². The number of nitro groups is 1. The number of aryl methyl sites for hydroxylation is 1. The highest BCUT2D eigenvalue weighted by molar-refractivity contribution is 6.33. The van der Waals surface area contributed by atoms with Gasteiger partial charge in [-0.15, -0.1) is 0 Å². The van der Waals surface area contributed by atoms with Crippen molar-refractivity contribution in [2.75, 3.05) is 18.0 Å². The largest absolute Gasteiger partial charge is 0.370 e. The van der Waals surface area contributed by atoms with E-state index in [1.807, 2.05) is 6.92 Å². The number of anilines is 1. The summed E-state index contributed by atoms with van der Waals surface area (Å²) in [6, 6.07) is 3.13. The molecular formula is C15H21ClN2O2. The number of nitro benzene ring substituents is 1. The molecule has 2 rings (SSSR count). The van der Waals surface area contributed by atoms with Gasteiger partial charge in [-0.3, -0.25) is 10.1 Å². The minimum absolute atomic E-state index is 0.0775. The SMILES string of the molecule is CCc1cc([N+](=O)[O-])cc(Cl)c1N1C[C@H](C)C[C@H](C)C1. The van der Waals surface area contributed by atoms with Crippen LogP contribution >= 0.6 is 11.6 Å². The molecule has 0 bridgehead atoms. The average molecular weight is 297 g/mol. The normalized spacial score (nSPS) is 22.9. The van der Waals surface area contributed by atoms with Crippen molar-refractivity contribution in [3.8, 4) is 0 Å². The Morgan fingerprint density at radius 2 is 1.95 bits per heavy atom. The van der Waals surface area contributed by atoms with Crippen LogP contribution in [0.4, 0.5) is 11.4 Å². The van der Waals surface area contributed by atoms with E-state index in [9.17, 15) is 10.1 Å². The minimum Gasteiger partial charge on any atom is -0.370 e. The average Bonchev–Trinajstić information content (AvgIpc) is 2.36. The van der Waals surface area contributed by atoms with Crippen LogP contribution in [0.5, 0.6) is 0 Å². The third-order valence-electron chi connectivity index (χ3n) is 3.90. The van der Waals surface area contributed by atoms with E-state index < -0.39 is 0 Å². The smallest absolute Gasteiger partial charge is 0.271 e. The minimum atomic E-state index is -0.379. The Bertz CT molecular complexity index is 509. The fourth-order valence-corrected chi connectivity index (χ4v) is 3.57. The van der Waals surface area contributed by atoms with Crippen LogP contribution in [0.25, 0.3) is 0 Å². The summed E-state index contributed by atoms with van der Waals surface area (Å²) in [6.45, 7) is 8.43. The van der Waals surface area contributed by atoms with E-state index in [1.54, 1.807) is 6.07 Å². The Kier molecular flexibility index (Phi) is 4.53. The highest BCUT2D eigenvalue weighted by Crippen LogP contribution is 2.37. The van der Waals surface area contributed by atoms with E-state index >= 15 is 0 Å². The second-order valence-electron chi connectivity index (χ2n) is 5.90. The lowest BCUT2D eigenvalue weighted by molar-refractivity contribution is -0.384. The first-order valence-corrected chi connectivity index (χ1v) is 7.51. The lowest BCUT2D eigenvalue weighted by Gasteiger charge is -2.38. The van der Waals surface area contributed by atoms with Crippen molar-refractivity contribution < 1.29 is 4.92 Å². The summed E-state index contributed by atoms with van der Waals surface area (Å²) in [7, 11) is 0. The number of hydrogen-bond acceptors (Lipinski definition) is 3. The first-order valence-electron chi connectivity index (χ1n) is 7.14. The predicted molar refractivity (Wildman–Crippen MR) is 82.6 cm³/mol. The zero-order valence-corrected chi connectivity index (χ0v) is 13.0. The molecular weight excluding hydrogens is 276 g/mol. The molecule has 1 aliphatic rings. The molecule has 0 aromatic heterocycles. The van der Waals surface area contributed by atoms with Gasteiger partial charge < -0.3 is 4.90 Å². The van der Waals surface area contributed by atoms with E-state index in [4.69, 9.17) is 11.6 Å². The van der Waals surface area contributed by atoms with Gasteiger partial charge in [0.2, 0.25) is 0 Å². The van der Waals surface area contributed by atoms with Gasteiger partial charge in [0.1, 0.15) is 0 Å².